The molecule has 0 aliphatic rings. The highest BCUT2D eigenvalue weighted by molar-refractivity contribution is 5.47. The normalized spacial score (nSPS) is 12.0. The predicted octanol–water partition coefficient (Wildman–Crippen LogP) is 3.13. The Labute approximate surface area is 123 Å². The average molecular weight is 291 g/mol. The molecule has 0 fully saturated rings. The Balaban J connectivity index is 2.03. The van der Waals surface area contributed by atoms with Gasteiger partial charge < -0.3 is 19.9 Å². The van der Waals surface area contributed by atoms with Gasteiger partial charge in [0.1, 0.15) is 12.4 Å². The molecular weight excluding hydrogens is 273 g/mol. The van der Waals surface area contributed by atoms with Crippen molar-refractivity contribution in [2.45, 2.75) is 19.9 Å². The van der Waals surface area contributed by atoms with Crippen molar-refractivity contribution in [1.82, 2.24) is 0 Å². The molecule has 2 N–H and O–H groups in total. The maximum absolute atomic E-state index is 14.3. The lowest BCUT2D eigenvalue weighted by Crippen LogP contribution is -2.23. The zero-order valence-corrected chi connectivity index (χ0v) is 11.8. The quantitative estimate of drug-likeness (QED) is 0.770. The van der Waals surface area contributed by atoms with Gasteiger partial charge in [0.2, 0.25) is 6.41 Å². The van der Waals surface area contributed by atoms with Crippen molar-refractivity contribution < 1.29 is 19.0 Å². The predicted molar refractivity (Wildman–Crippen MR) is 78.4 cm³/mol. The number of aliphatic hydroxyl groups is 1. The van der Waals surface area contributed by atoms with Gasteiger partial charge in [0, 0.05) is 12.2 Å². The molecule has 2 rings (SSSR count). The van der Waals surface area contributed by atoms with Gasteiger partial charge in [0.15, 0.2) is 5.82 Å². The Kier molecular flexibility index (Phi) is 5.54. The summed E-state index contributed by atoms with van der Waals surface area (Å²) >= 11 is 0. The summed E-state index contributed by atoms with van der Waals surface area (Å²) < 4.78 is 24.7. The molecule has 0 aliphatic heterocycles. The standard InChI is InChI=1S/C16H18FNO3/c1-2-20-16(19)18-14-10-6-7-12(15(14)17)11-21-13-8-4-3-5-9-13/h3-10,16,18-19H,2,11H2,1H3. The van der Waals surface area contributed by atoms with E-state index in [0.717, 1.165) is 0 Å². The molecule has 1 atom stereocenters. The number of anilines is 1. The second kappa shape index (κ2) is 7.61. The Morgan fingerprint density at radius 3 is 2.62 bits per heavy atom. The van der Waals surface area contributed by atoms with Crippen molar-refractivity contribution in [3.63, 3.8) is 0 Å². The van der Waals surface area contributed by atoms with Crippen molar-refractivity contribution >= 4 is 5.69 Å². The topological polar surface area (TPSA) is 50.7 Å². The SMILES string of the molecule is CCOC(O)Nc1cccc(COc2ccccc2)c1F. The molecule has 2 aromatic carbocycles. The van der Waals surface area contributed by atoms with Crippen LogP contribution in [0, 0.1) is 5.82 Å². The molecule has 5 heteroatoms. The van der Waals surface area contributed by atoms with Crippen LogP contribution >= 0.6 is 0 Å². The first-order valence-electron chi connectivity index (χ1n) is 6.72. The Bertz CT molecular complexity index is 563. The number of para-hydroxylation sites is 1. The second-order valence-corrected chi connectivity index (χ2v) is 4.33. The van der Waals surface area contributed by atoms with E-state index in [9.17, 15) is 9.50 Å². The summed E-state index contributed by atoms with van der Waals surface area (Å²) in [5, 5.41) is 12.0. The minimum absolute atomic E-state index is 0.107. The van der Waals surface area contributed by atoms with Crippen LogP contribution in [-0.4, -0.2) is 18.1 Å². The minimum Gasteiger partial charge on any atom is -0.489 e. The van der Waals surface area contributed by atoms with Crippen LogP contribution in [0.5, 0.6) is 5.75 Å². The monoisotopic (exact) mass is 291 g/mol. The van der Waals surface area contributed by atoms with Gasteiger partial charge >= 0.3 is 0 Å². The average Bonchev–Trinajstić information content (AvgIpc) is 2.49. The van der Waals surface area contributed by atoms with E-state index in [2.05, 4.69) is 5.32 Å². The van der Waals surface area contributed by atoms with Crippen LogP contribution in [-0.2, 0) is 11.3 Å². The zero-order valence-electron chi connectivity index (χ0n) is 11.8. The molecule has 0 bridgehead atoms. The molecule has 0 saturated heterocycles. The number of rotatable bonds is 7. The summed E-state index contributed by atoms with van der Waals surface area (Å²) in [6.45, 7) is 2.17. The third-order valence-corrected chi connectivity index (χ3v) is 2.82. The van der Waals surface area contributed by atoms with Crippen LogP contribution in [0.25, 0.3) is 0 Å². The van der Waals surface area contributed by atoms with Crippen LogP contribution in [0.3, 0.4) is 0 Å². The Morgan fingerprint density at radius 2 is 1.90 bits per heavy atom. The Hall–Kier alpha value is -2.11. The molecule has 0 aromatic heterocycles. The van der Waals surface area contributed by atoms with E-state index in [1.807, 2.05) is 18.2 Å². The summed E-state index contributed by atoms with van der Waals surface area (Å²) in [6, 6.07) is 14.0. The number of hydrogen-bond donors (Lipinski definition) is 2. The van der Waals surface area contributed by atoms with E-state index < -0.39 is 12.2 Å². The second-order valence-electron chi connectivity index (χ2n) is 4.33. The van der Waals surface area contributed by atoms with Crippen molar-refractivity contribution in [3.05, 3.63) is 59.9 Å². The summed E-state index contributed by atoms with van der Waals surface area (Å²) in [7, 11) is 0. The fourth-order valence-corrected chi connectivity index (χ4v) is 1.81. The highest BCUT2D eigenvalue weighted by Crippen LogP contribution is 2.20. The summed E-state index contributed by atoms with van der Waals surface area (Å²) in [4.78, 5) is 0. The first-order chi connectivity index (χ1) is 10.2. The summed E-state index contributed by atoms with van der Waals surface area (Å²) in [5.74, 6) is 0.205. The molecule has 0 spiro atoms. The third kappa shape index (κ3) is 4.44. The number of nitrogens with one attached hydrogen (secondary N) is 1. The maximum Gasteiger partial charge on any atom is 0.235 e. The van der Waals surface area contributed by atoms with E-state index >= 15 is 0 Å². The maximum atomic E-state index is 14.3. The van der Waals surface area contributed by atoms with Crippen molar-refractivity contribution in [2.75, 3.05) is 11.9 Å². The number of ether oxygens (including phenoxy) is 2. The lowest BCUT2D eigenvalue weighted by Gasteiger charge is -2.15. The first kappa shape index (κ1) is 15.3. The number of hydrogen-bond acceptors (Lipinski definition) is 4. The minimum atomic E-state index is -1.24. The van der Waals surface area contributed by atoms with E-state index in [1.165, 1.54) is 6.07 Å². The molecule has 0 amide bonds. The van der Waals surface area contributed by atoms with Crippen LogP contribution < -0.4 is 10.1 Å². The summed E-state index contributed by atoms with van der Waals surface area (Å²) in [6.07, 6.45) is -1.24. The molecule has 0 radical (unpaired) electrons. The number of benzene rings is 2. The van der Waals surface area contributed by atoms with Gasteiger partial charge in [0.25, 0.3) is 0 Å². The smallest absolute Gasteiger partial charge is 0.235 e. The summed E-state index contributed by atoms with van der Waals surface area (Å²) in [5.41, 5.74) is 0.567. The van der Waals surface area contributed by atoms with E-state index in [0.29, 0.717) is 17.9 Å². The molecule has 112 valence electrons. The third-order valence-electron chi connectivity index (χ3n) is 2.82. The van der Waals surface area contributed by atoms with Gasteiger partial charge in [-0.05, 0) is 25.1 Å². The number of aliphatic hydroxyl groups excluding tert-OH is 1. The van der Waals surface area contributed by atoms with Crippen molar-refractivity contribution in [1.29, 1.82) is 0 Å². The fourth-order valence-electron chi connectivity index (χ4n) is 1.81. The molecule has 0 aliphatic carbocycles. The van der Waals surface area contributed by atoms with Gasteiger partial charge in [-0.2, -0.15) is 0 Å². The van der Waals surface area contributed by atoms with Crippen molar-refractivity contribution in [3.8, 4) is 5.75 Å². The van der Waals surface area contributed by atoms with Crippen molar-refractivity contribution in [2.24, 2.45) is 0 Å². The highest BCUT2D eigenvalue weighted by Gasteiger charge is 2.11. The molecular formula is C16H18FNO3. The molecule has 1 unspecified atom stereocenters. The number of halogens is 1. The first-order valence-corrected chi connectivity index (χ1v) is 6.72. The van der Waals surface area contributed by atoms with Gasteiger partial charge in [-0.25, -0.2) is 4.39 Å². The largest absolute Gasteiger partial charge is 0.489 e. The molecule has 21 heavy (non-hydrogen) atoms. The lowest BCUT2D eigenvalue weighted by molar-refractivity contribution is -0.0732. The van der Waals surface area contributed by atoms with E-state index in [-0.39, 0.29) is 12.3 Å². The van der Waals surface area contributed by atoms with Crippen LogP contribution in [0.1, 0.15) is 12.5 Å². The van der Waals surface area contributed by atoms with Gasteiger partial charge in [-0.1, -0.05) is 30.3 Å². The lowest BCUT2D eigenvalue weighted by atomic mass is 10.2. The van der Waals surface area contributed by atoms with Gasteiger partial charge in [-0.15, -0.1) is 0 Å². The van der Waals surface area contributed by atoms with Crippen LogP contribution in [0.15, 0.2) is 48.5 Å². The fraction of sp³-hybridized carbons (Fsp3) is 0.250. The molecule has 0 heterocycles. The zero-order chi connectivity index (χ0) is 15.1. The molecule has 4 nitrogen and oxygen atoms in total. The molecule has 0 saturated carbocycles. The van der Waals surface area contributed by atoms with Gasteiger partial charge in [0.05, 0.1) is 5.69 Å². The van der Waals surface area contributed by atoms with Crippen LogP contribution in [0.2, 0.25) is 0 Å². The van der Waals surface area contributed by atoms with Gasteiger partial charge in [-0.3, -0.25) is 0 Å². The molecule has 2 aromatic rings. The van der Waals surface area contributed by atoms with E-state index in [4.69, 9.17) is 9.47 Å². The van der Waals surface area contributed by atoms with E-state index in [1.54, 1.807) is 31.2 Å². The van der Waals surface area contributed by atoms with Crippen LogP contribution in [0.4, 0.5) is 10.1 Å². The Morgan fingerprint density at radius 1 is 1.14 bits per heavy atom. The highest BCUT2D eigenvalue weighted by atomic mass is 19.1.